The third-order valence-corrected chi connectivity index (χ3v) is 4.38. The number of aliphatic hydroxyl groups is 1. The summed E-state index contributed by atoms with van der Waals surface area (Å²) >= 11 is 0. The minimum atomic E-state index is -0.419. The SMILES string of the molecule is CC(C)=C(C)c1ccc([C@H](C)NC(=O)[C@@H]2C[C@@H](O)CN2)cc1. The van der Waals surface area contributed by atoms with E-state index in [1.54, 1.807) is 0 Å². The van der Waals surface area contributed by atoms with Gasteiger partial charge in [-0.2, -0.15) is 0 Å². The van der Waals surface area contributed by atoms with Crippen molar-refractivity contribution in [3.05, 3.63) is 41.0 Å². The molecule has 0 radical (unpaired) electrons. The van der Waals surface area contributed by atoms with Gasteiger partial charge in [-0.25, -0.2) is 0 Å². The molecule has 3 N–H and O–H groups in total. The fourth-order valence-electron chi connectivity index (χ4n) is 2.62. The molecule has 1 aliphatic heterocycles. The van der Waals surface area contributed by atoms with Crippen LogP contribution in [0.3, 0.4) is 0 Å². The molecular formula is C18H26N2O2. The monoisotopic (exact) mass is 302 g/mol. The number of hydrogen-bond donors (Lipinski definition) is 3. The molecule has 1 aromatic rings. The Balaban J connectivity index is 1.99. The second-order valence-corrected chi connectivity index (χ2v) is 6.33. The largest absolute Gasteiger partial charge is 0.392 e. The first-order chi connectivity index (χ1) is 10.4. The molecule has 1 amide bonds. The van der Waals surface area contributed by atoms with Gasteiger partial charge in [0.25, 0.3) is 0 Å². The summed E-state index contributed by atoms with van der Waals surface area (Å²) in [6.45, 7) is 8.80. The summed E-state index contributed by atoms with van der Waals surface area (Å²) in [6, 6.07) is 7.97. The highest BCUT2D eigenvalue weighted by Crippen LogP contribution is 2.21. The van der Waals surface area contributed by atoms with E-state index in [-0.39, 0.29) is 18.0 Å². The van der Waals surface area contributed by atoms with Crippen LogP contribution in [-0.2, 0) is 4.79 Å². The van der Waals surface area contributed by atoms with E-state index in [9.17, 15) is 9.90 Å². The lowest BCUT2D eigenvalue weighted by molar-refractivity contribution is -0.123. The van der Waals surface area contributed by atoms with Crippen LogP contribution in [-0.4, -0.2) is 29.7 Å². The van der Waals surface area contributed by atoms with E-state index in [2.05, 4.69) is 55.7 Å². The molecule has 4 nitrogen and oxygen atoms in total. The number of hydrogen-bond acceptors (Lipinski definition) is 3. The summed E-state index contributed by atoms with van der Waals surface area (Å²) in [5, 5.41) is 15.5. The maximum absolute atomic E-state index is 12.1. The number of rotatable bonds is 4. The summed E-state index contributed by atoms with van der Waals surface area (Å²) in [5.41, 5.74) is 4.88. The predicted molar refractivity (Wildman–Crippen MR) is 89.4 cm³/mol. The van der Waals surface area contributed by atoms with E-state index in [0.29, 0.717) is 13.0 Å². The van der Waals surface area contributed by atoms with Gasteiger partial charge in [0.1, 0.15) is 0 Å². The maximum atomic E-state index is 12.1. The zero-order valence-corrected chi connectivity index (χ0v) is 13.8. The molecule has 0 unspecified atom stereocenters. The van der Waals surface area contributed by atoms with Crippen molar-refractivity contribution < 1.29 is 9.90 Å². The molecule has 0 saturated carbocycles. The Bertz CT molecular complexity index is 559. The minimum absolute atomic E-state index is 0.0476. The number of carbonyl (C=O) groups is 1. The Morgan fingerprint density at radius 1 is 1.27 bits per heavy atom. The van der Waals surface area contributed by atoms with Crippen molar-refractivity contribution in [1.82, 2.24) is 10.6 Å². The van der Waals surface area contributed by atoms with E-state index in [1.165, 1.54) is 16.7 Å². The topological polar surface area (TPSA) is 61.4 Å². The highest BCUT2D eigenvalue weighted by molar-refractivity contribution is 5.82. The van der Waals surface area contributed by atoms with Crippen LogP contribution in [0.15, 0.2) is 29.8 Å². The van der Waals surface area contributed by atoms with Crippen molar-refractivity contribution in [3.8, 4) is 0 Å². The lowest BCUT2D eigenvalue weighted by Crippen LogP contribution is -2.41. The zero-order valence-electron chi connectivity index (χ0n) is 13.8. The highest BCUT2D eigenvalue weighted by atomic mass is 16.3. The minimum Gasteiger partial charge on any atom is -0.392 e. The second kappa shape index (κ2) is 7.07. The molecule has 1 heterocycles. The van der Waals surface area contributed by atoms with Crippen molar-refractivity contribution in [2.45, 2.75) is 52.3 Å². The van der Waals surface area contributed by atoms with Crippen LogP contribution >= 0.6 is 0 Å². The van der Waals surface area contributed by atoms with Crippen LogP contribution in [0.4, 0.5) is 0 Å². The van der Waals surface area contributed by atoms with Gasteiger partial charge >= 0.3 is 0 Å². The van der Waals surface area contributed by atoms with Gasteiger partial charge in [0.2, 0.25) is 5.91 Å². The van der Waals surface area contributed by atoms with Crippen LogP contribution < -0.4 is 10.6 Å². The van der Waals surface area contributed by atoms with Crippen LogP contribution in [0, 0.1) is 0 Å². The number of nitrogens with one attached hydrogen (secondary N) is 2. The quantitative estimate of drug-likeness (QED) is 0.800. The molecule has 1 aliphatic rings. The highest BCUT2D eigenvalue weighted by Gasteiger charge is 2.28. The lowest BCUT2D eigenvalue weighted by atomic mass is 9.99. The number of allylic oxidation sites excluding steroid dienone is 2. The summed E-state index contributed by atoms with van der Waals surface area (Å²) in [5.74, 6) is -0.0476. The van der Waals surface area contributed by atoms with Crippen LogP contribution in [0.1, 0.15) is 51.3 Å². The van der Waals surface area contributed by atoms with Gasteiger partial charge in [0, 0.05) is 6.54 Å². The molecule has 120 valence electrons. The van der Waals surface area contributed by atoms with Gasteiger partial charge in [-0.1, -0.05) is 29.8 Å². The standard InChI is InChI=1S/C18H26N2O2/c1-11(2)12(3)14-5-7-15(8-6-14)13(4)20-18(22)17-9-16(21)10-19-17/h5-8,13,16-17,19,21H,9-10H2,1-4H3,(H,20,22)/t13-,16+,17-/m0/s1. The Kier molecular flexibility index (Phi) is 5.37. The summed E-state index contributed by atoms with van der Waals surface area (Å²) < 4.78 is 0. The van der Waals surface area contributed by atoms with Crippen molar-refractivity contribution in [2.24, 2.45) is 0 Å². The van der Waals surface area contributed by atoms with E-state index >= 15 is 0 Å². The zero-order chi connectivity index (χ0) is 16.3. The van der Waals surface area contributed by atoms with Gasteiger partial charge in [-0.05, 0) is 50.8 Å². The van der Waals surface area contributed by atoms with E-state index in [4.69, 9.17) is 0 Å². The number of benzene rings is 1. The third kappa shape index (κ3) is 3.96. The number of aliphatic hydroxyl groups excluding tert-OH is 1. The van der Waals surface area contributed by atoms with Gasteiger partial charge < -0.3 is 15.7 Å². The normalized spacial score (nSPS) is 22.2. The summed E-state index contributed by atoms with van der Waals surface area (Å²) in [7, 11) is 0. The van der Waals surface area contributed by atoms with Crippen molar-refractivity contribution in [2.75, 3.05) is 6.54 Å². The molecule has 0 spiro atoms. The van der Waals surface area contributed by atoms with Crippen LogP contribution in [0.5, 0.6) is 0 Å². The first kappa shape index (κ1) is 16.7. The molecule has 1 fully saturated rings. The average molecular weight is 302 g/mol. The summed E-state index contributed by atoms with van der Waals surface area (Å²) in [4.78, 5) is 12.1. The van der Waals surface area contributed by atoms with Crippen molar-refractivity contribution in [1.29, 1.82) is 0 Å². The number of β-amino-alcohol motifs (C(OH)–C–C–N with tert-alkyl or cyclic N) is 1. The molecule has 4 heteroatoms. The van der Waals surface area contributed by atoms with Crippen LogP contribution in [0.2, 0.25) is 0 Å². The maximum Gasteiger partial charge on any atom is 0.237 e. The number of carbonyl (C=O) groups excluding carboxylic acids is 1. The molecular weight excluding hydrogens is 276 g/mol. The predicted octanol–water partition coefficient (Wildman–Crippen LogP) is 2.40. The molecule has 1 aromatic carbocycles. The number of amides is 1. The first-order valence-electron chi connectivity index (χ1n) is 7.84. The Morgan fingerprint density at radius 2 is 1.91 bits per heavy atom. The molecule has 0 aliphatic carbocycles. The van der Waals surface area contributed by atoms with Crippen LogP contribution in [0.25, 0.3) is 5.57 Å². The van der Waals surface area contributed by atoms with E-state index in [0.717, 1.165) is 5.56 Å². The summed E-state index contributed by atoms with van der Waals surface area (Å²) in [6.07, 6.45) is 0.0643. The van der Waals surface area contributed by atoms with Gasteiger partial charge in [0.15, 0.2) is 0 Å². The smallest absolute Gasteiger partial charge is 0.237 e. The molecule has 0 bridgehead atoms. The molecule has 3 atom stereocenters. The fourth-order valence-corrected chi connectivity index (χ4v) is 2.62. The molecule has 1 saturated heterocycles. The molecule has 0 aromatic heterocycles. The molecule has 2 rings (SSSR count). The fraction of sp³-hybridized carbons (Fsp3) is 0.500. The van der Waals surface area contributed by atoms with E-state index in [1.807, 2.05) is 6.92 Å². The Labute approximate surface area is 132 Å². The van der Waals surface area contributed by atoms with Gasteiger partial charge in [0.05, 0.1) is 18.2 Å². The second-order valence-electron chi connectivity index (χ2n) is 6.33. The lowest BCUT2D eigenvalue weighted by Gasteiger charge is -2.18. The van der Waals surface area contributed by atoms with E-state index < -0.39 is 6.10 Å². The van der Waals surface area contributed by atoms with Gasteiger partial charge in [-0.3, -0.25) is 4.79 Å². The average Bonchev–Trinajstić information content (AvgIpc) is 2.93. The van der Waals surface area contributed by atoms with Crippen molar-refractivity contribution in [3.63, 3.8) is 0 Å². The first-order valence-corrected chi connectivity index (χ1v) is 7.84. The van der Waals surface area contributed by atoms with Gasteiger partial charge in [-0.15, -0.1) is 0 Å². The van der Waals surface area contributed by atoms with Crippen molar-refractivity contribution >= 4 is 11.5 Å². The third-order valence-electron chi connectivity index (χ3n) is 4.38. The molecule has 22 heavy (non-hydrogen) atoms. The Hall–Kier alpha value is -1.65. The Morgan fingerprint density at radius 3 is 2.41 bits per heavy atom.